The number of carboxylic acids is 1. The van der Waals surface area contributed by atoms with E-state index in [1.165, 1.54) is 16.7 Å². The van der Waals surface area contributed by atoms with Crippen LogP contribution in [-0.4, -0.2) is 35.6 Å². The highest BCUT2D eigenvalue weighted by atomic mass is 16.5. The molecule has 0 unspecified atom stereocenters. The first kappa shape index (κ1) is 16.9. The predicted octanol–water partition coefficient (Wildman–Crippen LogP) is 3.81. The van der Waals surface area contributed by atoms with Crippen LogP contribution >= 0.6 is 0 Å². The molecule has 1 N–H and O–H groups in total. The molecule has 0 saturated carbocycles. The Morgan fingerprint density at radius 1 is 1.08 bits per heavy atom. The van der Waals surface area contributed by atoms with Gasteiger partial charge in [0.2, 0.25) is 0 Å². The Morgan fingerprint density at radius 3 is 2.54 bits per heavy atom. The highest BCUT2D eigenvalue weighted by Crippen LogP contribution is 2.36. The zero-order valence-electron chi connectivity index (χ0n) is 14.7. The molecular weight excluding hydrogens is 326 g/mol. The molecule has 1 saturated heterocycles. The van der Waals surface area contributed by atoms with Crippen molar-refractivity contribution in [3.8, 4) is 5.75 Å². The lowest BCUT2D eigenvalue weighted by Crippen LogP contribution is -2.36. The minimum atomic E-state index is -0.660. The van der Waals surface area contributed by atoms with E-state index in [1.807, 2.05) is 24.3 Å². The van der Waals surface area contributed by atoms with Crippen molar-refractivity contribution in [3.05, 3.63) is 71.3 Å². The first-order chi connectivity index (χ1) is 12.7. The monoisotopic (exact) mass is 349 g/mol. The first-order valence-corrected chi connectivity index (χ1v) is 9.18. The number of rotatable bonds is 3. The molecule has 0 aliphatic carbocycles. The zero-order valence-corrected chi connectivity index (χ0v) is 14.7. The van der Waals surface area contributed by atoms with Gasteiger partial charge in [-0.3, -0.25) is 9.69 Å². The summed E-state index contributed by atoms with van der Waals surface area (Å²) in [5.74, 6) is 0.0675. The Labute approximate surface area is 153 Å². The van der Waals surface area contributed by atoms with E-state index >= 15 is 0 Å². The van der Waals surface area contributed by atoms with Crippen LogP contribution in [0.25, 0.3) is 5.57 Å². The molecule has 26 heavy (non-hydrogen) atoms. The summed E-state index contributed by atoms with van der Waals surface area (Å²) < 4.78 is 6.02. The SMILES string of the molecule is O=C(O)C1CCN(C/C=C2/c3ccccc3COc3ccccc32)CC1. The topological polar surface area (TPSA) is 49.8 Å². The van der Waals surface area contributed by atoms with Gasteiger partial charge >= 0.3 is 5.97 Å². The Hall–Kier alpha value is -2.59. The molecule has 2 aromatic rings. The number of carbonyl (C=O) groups is 1. The number of para-hydroxylation sites is 1. The Kier molecular flexibility index (Phi) is 4.76. The Balaban J connectivity index is 1.61. The highest BCUT2D eigenvalue weighted by Gasteiger charge is 2.24. The maximum absolute atomic E-state index is 11.1. The van der Waals surface area contributed by atoms with Crippen LogP contribution in [-0.2, 0) is 11.4 Å². The molecule has 0 spiro atoms. The molecule has 0 amide bonds. The van der Waals surface area contributed by atoms with Gasteiger partial charge in [0.15, 0.2) is 0 Å². The van der Waals surface area contributed by atoms with E-state index in [2.05, 4.69) is 35.2 Å². The number of ether oxygens (including phenoxy) is 1. The molecule has 4 nitrogen and oxygen atoms in total. The second-order valence-electron chi connectivity index (χ2n) is 6.97. The maximum atomic E-state index is 11.1. The first-order valence-electron chi connectivity index (χ1n) is 9.18. The fourth-order valence-electron chi connectivity index (χ4n) is 3.83. The quantitative estimate of drug-likeness (QED) is 0.915. The fourth-order valence-corrected chi connectivity index (χ4v) is 3.83. The van der Waals surface area contributed by atoms with Crippen molar-refractivity contribution < 1.29 is 14.6 Å². The minimum absolute atomic E-state index is 0.188. The lowest BCUT2D eigenvalue weighted by atomic mass is 9.93. The van der Waals surface area contributed by atoms with E-state index < -0.39 is 5.97 Å². The van der Waals surface area contributed by atoms with Gasteiger partial charge in [0, 0.05) is 12.1 Å². The van der Waals surface area contributed by atoms with Crippen LogP contribution in [0, 0.1) is 5.92 Å². The number of fused-ring (bicyclic) bond motifs is 2. The normalized spacial score (nSPS) is 19.3. The lowest BCUT2D eigenvalue weighted by molar-refractivity contribution is -0.143. The zero-order chi connectivity index (χ0) is 17.9. The van der Waals surface area contributed by atoms with Gasteiger partial charge in [-0.1, -0.05) is 48.5 Å². The van der Waals surface area contributed by atoms with Gasteiger partial charge in [0.05, 0.1) is 5.92 Å². The highest BCUT2D eigenvalue weighted by molar-refractivity contribution is 5.85. The van der Waals surface area contributed by atoms with Crippen LogP contribution in [0.1, 0.15) is 29.5 Å². The third kappa shape index (κ3) is 3.37. The summed E-state index contributed by atoms with van der Waals surface area (Å²) in [5.41, 5.74) is 4.74. The standard InChI is InChI=1S/C22H23NO3/c24-22(25)16-9-12-23(13-10-16)14-11-19-18-6-2-1-5-17(18)15-26-21-8-4-3-7-20(19)21/h1-8,11,16H,9-10,12-15H2,(H,24,25)/b19-11-. The minimum Gasteiger partial charge on any atom is -0.488 e. The van der Waals surface area contributed by atoms with Crippen LogP contribution < -0.4 is 4.74 Å². The number of nitrogens with zero attached hydrogens (tertiary/aromatic N) is 1. The third-order valence-corrected chi connectivity index (χ3v) is 5.36. The van der Waals surface area contributed by atoms with E-state index in [-0.39, 0.29) is 5.92 Å². The van der Waals surface area contributed by atoms with Crippen molar-refractivity contribution in [2.24, 2.45) is 5.92 Å². The Morgan fingerprint density at radius 2 is 1.77 bits per heavy atom. The third-order valence-electron chi connectivity index (χ3n) is 5.36. The number of hydrogen-bond acceptors (Lipinski definition) is 3. The summed E-state index contributed by atoms with van der Waals surface area (Å²) in [6, 6.07) is 16.6. The van der Waals surface area contributed by atoms with Crippen LogP contribution in [0.4, 0.5) is 0 Å². The van der Waals surface area contributed by atoms with Gasteiger partial charge in [0.1, 0.15) is 12.4 Å². The average molecular weight is 349 g/mol. The van der Waals surface area contributed by atoms with Crippen molar-refractivity contribution in [3.63, 3.8) is 0 Å². The van der Waals surface area contributed by atoms with Crippen LogP contribution in [0.15, 0.2) is 54.6 Å². The molecule has 4 rings (SSSR count). The second-order valence-corrected chi connectivity index (χ2v) is 6.97. The molecule has 2 aliphatic heterocycles. The van der Waals surface area contributed by atoms with E-state index in [4.69, 9.17) is 9.84 Å². The number of aliphatic carboxylic acids is 1. The molecule has 134 valence electrons. The largest absolute Gasteiger partial charge is 0.488 e. The molecule has 0 atom stereocenters. The summed E-state index contributed by atoms with van der Waals surface area (Å²) in [5, 5.41) is 9.16. The molecule has 1 fully saturated rings. The lowest BCUT2D eigenvalue weighted by Gasteiger charge is -2.29. The van der Waals surface area contributed by atoms with Crippen molar-refractivity contribution in [1.29, 1.82) is 0 Å². The summed E-state index contributed by atoms with van der Waals surface area (Å²) in [4.78, 5) is 13.5. The molecule has 2 heterocycles. The summed E-state index contributed by atoms with van der Waals surface area (Å²) in [6.07, 6.45) is 3.73. The Bertz CT molecular complexity index is 785. The van der Waals surface area contributed by atoms with Crippen LogP contribution in [0.2, 0.25) is 0 Å². The van der Waals surface area contributed by atoms with E-state index in [0.717, 1.165) is 43.8 Å². The molecule has 0 aromatic heterocycles. The van der Waals surface area contributed by atoms with E-state index in [9.17, 15) is 4.79 Å². The maximum Gasteiger partial charge on any atom is 0.306 e. The number of likely N-dealkylation sites (tertiary alicyclic amines) is 1. The van der Waals surface area contributed by atoms with Crippen molar-refractivity contribution in [2.45, 2.75) is 19.4 Å². The molecule has 0 radical (unpaired) electrons. The second kappa shape index (κ2) is 7.34. The molecule has 4 heteroatoms. The smallest absolute Gasteiger partial charge is 0.306 e. The number of piperidine rings is 1. The van der Waals surface area contributed by atoms with Gasteiger partial charge in [-0.05, 0) is 48.7 Å². The molecule has 0 bridgehead atoms. The van der Waals surface area contributed by atoms with E-state index in [0.29, 0.717) is 6.61 Å². The molecular formula is C22H23NO3. The van der Waals surface area contributed by atoms with Gasteiger partial charge in [-0.25, -0.2) is 0 Å². The molecule has 2 aliphatic rings. The van der Waals surface area contributed by atoms with Gasteiger partial charge in [-0.15, -0.1) is 0 Å². The van der Waals surface area contributed by atoms with Crippen molar-refractivity contribution >= 4 is 11.5 Å². The summed E-state index contributed by atoms with van der Waals surface area (Å²) in [7, 11) is 0. The van der Waals surface area contributed by atoms with E-state index in [1.54, 1.807) is 0 Å². The average Bonchev–Trinajstić information content (AvgIpc) is 2.84. The summed E-state index contributed by atoms with van der Waals surface area (Å²) in [6.45, 7) is 3.07. The fraction of sp³-hybridized carbons (Fsp3) is 0.318. The molecule has 2 aromatic carbocycles. The number of hydrogen-bond donors (Lipinski definition) is 1. The number of carboxylic acid groups (broad SMARTS) is 1. The van der Waals surface area contributed by atoms with Crippen molar-refractivity contribution in [1.82, 2.24) is 4.90 Å². The predicted molar refractivity (Wildman–Crippen MR) is 101 cm³/mol. The van der Waals surface area contributed by atoms with Gasteiger partial charge < -0.3 is 9.84 Å². The van der Waals surface area contributed by atoms with Crippen LogP contribution in [0.5, 0.6) is 5.75 Å². The van der Waals surface area contributed by atoms with Crippen LogP contribution in [0.3, 0.4) is 0 Å². The van der Waals surface area contributed by atoms with Crippen molar-refractivity contribution in [2.75, 3.05) is 19.6 Å². The summed E-state index contributed by atoms with van der Waals surface area (Å²) >= 11 is 0. The van der Waals surface area contributed by atoms with Gasteiger partial charge in [-0.2, -0.15) is 0 Å². The van der Waals surface area contributed by atoms with Gasteiger partial charge in [0.25, 0.3) is 0 Å². The number of benzene rings is 2.